The summed E-state index contributed by atoms with van der Waals surface area (Å²) >= 11 is 0. The molecule has 1 fully saturated rings. The van der Waals surface area contributed by atoms with Crippen molar-refractivity contribution in [2.45, 2.75) is 12.5 Å². The van der Waals surface area contributed by atoms with Crippen LogP contribution in [0.1, 0.15) is 5.56 Å². The maximum absolute atomic E-state index is 12.9. The van der Waals surface area contributed by atoms with Crippen molar-refractivity contribution in [1.29, 1.82) is 0 Å². The number of halogens is 2. The van der Waals surface area contributed by atoms with Gasteiger partial charge in [-0.15, -0.1) is 0 Å². The van der Waals surface area contributed by atoms with E-state index in [2.05, 4.69) is 5.32 Å². The molecular formula is C11H13F2NO. The molecule has 0 saturated carbocycles. The summed E-state index contributed by atoms with van der Waals surface area (Å²) in [4.78, 5) is 0. The third-order valence-corrected chi connectivity index (χ3v) is 2.39. The van der Waals surface area contributed by atoms with Gasteiger partial charge >= 0.3 is 0 Å². The molecule has 1 aliphatic heterocycles. The molecule has 1 aliphatic rings. The van der Waals surface area contributed by atoms with E-state index in [1.165, 1.54) is 12.1 Å². The van der Waals surface area contributed by atoms with E-state index in [1.807, 2.05) is 0 Å². The van der Waals surface area contributed by atoms with Crippen molar-refractivity contribution >= 4 is 0 Å². The number of hydrogen-bond acceptors (Lipinski definition) is 2. The number of nitrogens with one attached hydrogen (secondary N) is 1. The molecule has 1 saturated heterocycles. The third-order valence-electron chi connectivity index (χ3n) is 2.39. The van der Waals surface area contributed by atoms with Gasteiger partial charge in [0.1, 0.15) is 11.6 Å². The smallest absolute Gasteiger partial charge is 0.126 e. The Morgan fingerprint density at radius 1 is 1.27 bits per heavy atom. The molecule has 1 unspecified atom stereocenters. The summed E-state index contributed by atoms with van der Waals surface area (Å²) in [6.07, 6.45) is 0.557. The van der Waals surface area contributed by atoms with Gasteiger partial charge < -0.3 is 10.1 Å². The van der Waals surface area contributed by atoms with Gasteiger partial charge in [0.15, 0.2) is 0 Å². The minimum atomic E-state index is -0.534. The quantitative estimate of drug-likeness (QED) is 0.803. The van der Waals surface area contributed by atoms with Crippen LogP contribution in [0.25, 0.3) is 0 Å². The molecule has 1 aromatic rings. The molecule has 1 aromatic carbocycles. The van der Waals surface area contributed by atoms with E-state index in [0.717, 1.165) is 19.2 Å². The molecule has 4 heteroatoms. The topological polar surface area (TPSA) is 21.3 Å². The van der Waals surface area contributed by atoms with Gasteiger partial charge in [-0.2, -0.15) is 0 Å². The molecule has 0 aliphatic carbocycles. The lowest BCUT2D eigenvalue weighted by Crippen LogP contribution is -2.39. The van der Waals surface area contributed by atoms with Crippen molar-refractivity contribution in [3.8, 4) is 0 Å². The largest absolute Gasteiger partial charge is 0.375 e. The number of morpholine rings is 1. The van der Waals surface area contributed by atoms with Crippen molar-refractivity contribution in [3.05, 3.63) is 35.4 Å². The highest BCUT2D eigenvalue weighted by Crippen LogP contribution is 2.12. The summed E-state index contributed by atoms with van der Waals surface area (Å²) < 4.78 is 31.2. The van der Waals surface area contributed by atoms with Crippen molar-refractivity contribution in [2.75, 3.05) is 19.7 Å². The molecule has 0 radical (unpaired) electrons. The highest BCUT2D eigenvalue weighted by Gasteiger charge is 2.14. The predicted octanol–water partition coefficient (Wildman–Crippen LogP) is 1.50. The first-order chi connectivity index (χ1) is 7.24. The second-order valence-electron chi connectivity index (χ2n) is 3.68. The van der Waals surface area contributed by atoms with Crippen LogP contribution in [0.15, 0.2) is 18.2 Å². The standard InChI is InChI=1S/C11H13F2NO/c12-9-3-8(4-10(13)6-9)5-11-7-14-1-2-15-11/h3-4,6,11,14H,1-2,5,7H2. The second kappa shape index (κ2) is 4.68. The Bertz CT molecular complexity index is 317. The first kappa shape index (κ1) is 10.5. The van der Waals surface area contributed by atoms with Gasteiger partial charge in [0.25, 0.3) is 0 Å². The number of rotatable bonds is 2. The van der Waals surface area contributed by atoms with Crippen molar-refractivity contribution in [1.82, 2.24) is 5.32 Å². The molecule has 0 aromatic heterocycles. The van der Waals surface area contributed by atoms with E-state index in [1.54, 1.807) is 0 Å². The van der Waals surface area contributed by atoms with Gasteiger partial charge in [-0.25, -0.2) is 8.78 Å². The van der Waals surface area contributed by atoms with Crippen LogP contribution in [-0.4, -0.2) is 25.8 Å². The van der Waals surface area contributed by atoms with Crippen LogP contribution in [-0.2, 0) is 11.2 Å². The average Bonchev–Trinajstić information content (AvgIpc) is 2.17. The number of ether oxygens (including phenoxy) is 1. The van der Waals surface area contributed by atoms with Crippen molar-refractivity contribution < 1.29 is 13.5 Å². The van der Waals surface area contributed by atoms with E-state index < -0.39 is 11.6 Å². The van der Waals surface area contributed by atoms with Crippen molar-refractivity contribution in [2.24, 2.45) is 0 Å². The van der Waals surface area contributed by atoms with Crippen LogP contribution in [0.3, 0.4) is 0 Å². The summed E-state index contributed by atoms with van der Waals surface area (Å²) in [7, 11) is 0. The Morgan fingerprint density at radius 3 is 2.60 bits per heavy atom. The monoisotopic (exact) mass is 213 g/mol. The normalized spacial score (nSPS) is 21.6. The van der Waals surface area contributed by atoms with E-state index in [-0.39, 0.29) is 6.10 Å². The van der Waals surface area contributed by atoms with Crippen LogP contribution >= 0.6 is 0 Å². The van der Waals surface area contributed by atoms with Gasteiger partial charge in [0, 0.05) is 25.6 Å². The maximum atomic E-state index is 12.9. The second-order valence-corrected chi connectivity index (χ2v) is 3.68. The Balaban J connectivity index is 2.02. The predicted molar refractivity (Wildman–Crippen MR) is 52.7 cm³/mol. The van der Waals surface area contributed by atoms with E-state index >= 15 is 0 Å². The first-order valence-corrected chi connectivity index (χ1v) is 5.01. The minimum Gasteiger partial charge on any atom is -0.375 e. The fraction of sp³-hybridized carbons (Fsp3) is 0.455. The molecule has 1 atom stereocenters. The fourth-order valence-corrected chi connectivity index (χ4v) is 1.74. The summed E-state index contributed by atoms with van der Waals surface area (Å²) in [5.74, 6) is -1.07. The molecular weight excluding hydrogens is 200 g/mol. The van der Waals surface area contributed by atoms with Crippen LogP contribution in [0.5, 0.6) is 0 Å². The molecule has 2 rings (SSSR count). The summed E-state index contributed by atoms with van der Waals surface area (Å²) in [6.45, 7) is 2.23. The SMILES string of the molecule is Fc1cc(F)cc(CC2CNCCO2)c1. The lowest BCUT2D eigenvalue weighted by Gasteiger charge is -2.23. The summed E-state index contributed by atoms with van der Waals surface area (Å²) in [5, 5.41) is 3.17. The van der Waals surface area contributed by atoms with Crippen LogP contribution in [0, 0.1) is 11.6 Å². The van der Waals surface area contributed by atoms with E-state index in [0.29, 0.717) is 18.6 Å². The molecule has 1 heterocycles. The van der Waals surface area contributed by atoms with Gasteiger partial charge in [0.2, 0.25) is 0 Å². The van der Waals surface area contributed by atoms with Gasteiger partial charge in [-0.05, 0) is 17.7 Å². The molecule has 2 nitrogen and oxygen atoms in total. The van der Waals surface area contributed by atoms with E-state index in [4.69, 9.17) is 4.74 Å². The Labute approximate surface area is 87.2 Å². The lowest BCUT2D eigenvalue weighted by molar-refractivity contribution is 0.0292. The fourth-order valence-electron chi connectivity index (χ4n) is 1.74. The van der Waals surface area contributed by atoms with Crippen molar-refractivity contribution in [3.63, 3.8) is 0 Å². The summed E-state index contributed by atoms with van der Waals surface area (Å²) in [6, 6.07) is 3.57. The Hall–Kier alpha value is -1.00. The number of benzene rings is 1. The minimum absolute atomic E-state index is 0.0138. The molecule has 0 bridgehead atoms. The third kappa shape index (κ3) is 2.97. The lowest BCUT2D eigenvalue weighted by atomic mass is 10.1. The van der Waals surface area contributed by atoms with Gasteiger partial charge in [-0.3, -0.25) is 0 Å². The Morgan fingerprint density at radius 2 is 2.00 bits per heavy atom. The van der Waals surface area contributed by atoms with E-state index in [9.17, 15) is 8.78 Å². The van der Waals surface area contributed by atoms with Crippen LogP contribution in [0.2, 0.25) is 0 Å². The van der Waals surface area contributed by atoms with Gasteiger partial charge in [-0.1, -0.05) is 0 Å². The first-order valence-electron chi connectivity index (χ1n) is 5.01. The highest BCUT2D eigenvalue weighted by molar-refractivity contribution is 5.18. The molecule has 1 N–H and O–H groups in total. The molecule has 82 valence electrons. The Kier molecular flexibility index (Phi) is 3.28. The zero-order valence-electron chi connectivity index (χ0n) is 8.30. The highest BCUT2D eigenvalue weighted by atomic mass is 19.1. The van der Waals surface area contributed by atoms with Crippen LogP contribution < -0.4 is 5.32 Å². The average molecular weight is 213 g/mol. The number of hydrogen-bond donors (Lipinski definition) is 1. The molecule has 0 amide bonds. The zero-order valence-corrected chi connectivity index (χ0v) is 8.30. The van der Waals surface area contributed by atoms with Crippen LogP contribution in [0.4, 0.5) is 8.78 Å². The maximum Gasteiger partial charge on any atom is 0.126 e. The zero-order chi connectivity index (χ0) is 10.7. The molecule has 0 spiro atoms. The summed E-state index contributed by atoms with van der Waals surface area (Å²) in [5.41, 5.74) is 0.640. The van der Waals surface area contributed by atoms with Gasteiger partial charge in [0.05, 0.1) is 12.7 Å². The molecule has 15 heavy (non-hydrogen) atoms.